The minimum absolute atomic E-state index is 0.651. The molecule has 2 heterocycles. The number of rotatable bonds is 4. The van der Waals surface area contributed by atoms with Gasteiger partial charge < -0.3 is 4.90 Å². The Hall–Kier alpha value is -1.44. The van der Waals surface area contributed by atoms with Crippen LogP contribution in [0, 0.1) is 11.3 Å². The first-order valence-electron chi connectivity index (χ1n) is 6.90. The topological polar surface area (TPSA) is 43.2 Å². The highest BCUT2D eigenvalue weighted by atomic mass is 15.2. The van der Waals surface area contributed by atoms with Crippen molar-refractivity contribution < 1.29 is 0 Å². The molecule has 0 radical (unpaired) electrons. The molecular formula is C15H22N4. The Balaban J connectivity index is 2.03. The summed E-state index contributed by atoms with van der Waals surface area (Å²) in [5, 5.41) is 9.14. The van der Waals surface area contributed by atoms with Crippen LogP contribution in [0.1, 0.15) is 30.2 Å². The molecule has 102 valence electrons. The molecule has 0 N–H and O–H groups in total. The van der Waals surface area contributed by atoms with Gasteiger partial charge in [-0.15, -0.1) is 0 Å². The number of hydrogen-bond acceptors (Lipinski definition) is 4. The summed E-state index contributed by atoms with van der Waals surface area (Å²) in [5.74, 6) is 0. The molecule has 1 aromatic heterocycles. The molecule has 0 bridgehead atoms. The van der Waals surface area contributed by atoms with E-state index in [1.54, 1.807) is 0 Å². The lowest BCUT2D eigenvalue weighted by Crippen LogP contribution is -2.31. The van der Waals surface area contributed by atoms with E-state index in [-0.39, 0.29) is 0 Å². The van der Waals surface area contributed by atoms with Gasteiger partial charge >= 0.3 is 0 Å². The maximum atomic E-state index is 9.14. The van der Waals surface area contributed by atoms with Gasteiger partial charge in [0.1, 0.15) is 6.07 Å². The summed E-state index contributed by atoms with van der Waals surface area (Å²) in [7, 11) is 4.28. The standard InChI is InChI=1S/C15H22N4/c1-4-15-13(8-16)7-12(9-17-15)10-19-6-5-14(11-19)18(2)3/h7,9,14H,4-6,10-11H2,1-3H3/t14-/m0/s1. The third-order valence-electron chi connectivity index (χ3n) is 3.87. The molecule has 0 aromatic carbocycles. The molecule has 0 aliphatic carbocycles. The first-order valence-corrected chi connectivity index (χ1v) is 6.90. The lowest BCUT2D eigenvalue weighted by molar-refractivity contribution is 0.264. The average Bonchev–Trinajstić information content (AvgIpc) is 2.87. The largest absolute Gasteiger partial charge is 0.305 e. The second-order valence-electron chi connectivity index (χ2n) is 5.44. The predicted molar refractivity (Wildman–Crippen MR) is 75.7 cm³/mol. The number of likely N-dealkylation sites (N-methyl/N-ethyl adjacent to an activating group) is 1. The van der Waals surface area contributed by atoms with Gasteiger partial charge in [0.2, 0.25) is 0 Å². The van der Waals surface area contributed by atoms with Crippen LogP contribution in [0.25, 0.3) is 0 Å². The second-order valence-corrected chi connectivity index (χ2v) is 5.44. The first kappa shape index (κ1) is 14.0. The quantitative estimate of drug-likeness (QED) is 0.823. The van der Waals surface area contributed by atoms with Gasteiger partial charge in [-0.2, -0.15) is 5.26 Å². The van der Waals surface area contributed by atoms with Gasteiger partial charge in [-0.1, -0.05) is 6.92 Å². The third kappa shape index (κ3) is 3.31. The molecule has 1 fully saturated rings. The number of aromatic nitrogens is 1. The van der Waals surface area contributed by atoms with E-state index in [1.165, 1.54) is 6.42 Å². The van der Waals surface area contributed by atoms with Crippen molar-refractivity contribution in [3.05, 3.63) is 29.1 Å². The summed E-state index contributed by atoms with van der Waals surface area (Å²) in [5.41, 5.74) is 2.77. The molecule has 1 saturated heterocycles. The number of hydrogen-bond donors (Lipinski definition) is 0. The molecule has 4 nitrogen and oxygen atoms in total. The highest BCUT2D eigenvalue weighted by Gasteiger charge is 2.23. The van der Waals surface area contributed by atoms with Crippen LogP contribution in [0.3, 0.4) is 0 Å². The van der Waals surface area contributed by atoms with E-state index < -0.39 is 0 Å². The molecule has 1 aromatic rings. The predicted octanol–water partition coefficient (Wildman–Crippen LogP) is 1.65. The molecule has 0 amide bonds. The Bertz CT molecular complexity index is 476. The number of nitriles is 1. The fraction of sp³-hybridized carbons (Fsp3) is 0.600. The molecule has 0 spiro atoms. The Morgan fingerprint density at radius 3 is 2.89 bits per heavy atom. The highest BCUT2D eigenvalue weighted by Crippen LogP contribution is 2.17. The van der Waals surface area contributed by atoms with Crippen molar-refractivity contribution in [1.29, 1.82) is 5.26 Å². The van der Waals surface area contributed by atoms with Crippen LogP contribution >= 0.6 is 0 Å². The van der Waals surface area contributed by atoms with Crippen molar-refractivity contribution in [2.24, 2.45) is 0 Å². The van der Waals surface area contributed by atoms with E-state index in [0.717, 1.165) is 42.9 Å². The number of likely N-dealkylation sites (tertiary alicyclic amines) is 1. The second kappa shape index (κ2) is 6.14. The van der Waals surface area contributed by atoms with Crippen LogP contribution in [0.5, 0.6) is 0 Å². The van der Waals surface area contributed by atoms with Crippen molar-refractivity contribution >= 4 is 0 Å². The fourth-order valence-corrected chi connectivity index (χ4v) is 2.64. The Kier molecular flexibility index (Phi) is 4.52. The first-order chi connectivity index (χ1) is 9.13. The van der Waals surface area contributed by atoms with Crippen LogP contribution in [-0.2, 0) is 13.0 Å². The summed E-state index contributed by atoms with van der Waals surface area (Å²) in [6.45, 7) is 5.16. The minimum atomic E-state index is 0.651. The minimum Gasteiger partial charge on any atom is -0.305 e. The van der Waals surface area contributed by atoms with Crippen molar-refractivity contribution in [3.63, 3.8) is 0 Å². The molecule has 1 atom stereocenters. The normalized spacial score (nSPS) is 19.8. The lowest BCUT2D eigenvalue weighted by Gasteiger charge is -2.20. The monoisotopic (exact) mass is 258 g/mol. The van der Waals surface area contributed by atoms with Gasteiger partial charge in [-0.05, 0) is 38.6 Å². The number of pyridine rings is 1. The van der Waals surface area contributed by atoms with Crippen molar-refractivity contribution in [3.8, 4) is 6.07 Å². The Morgan fingerprint density at radius 2 is 2.32 bits per heavy atom. The van der Waals surface area contributed by atoms with Crippen molar-refractivity contribution in [2.75, 3.05) is 27.2 Å². The maximum Gasteiger partial charge on any atom is 0.101 e. The van der Waals surface area contributed by atoms with Gasteiger partial charge in [0, 0.05) is 31.9 Å². The van der Waals surface area contributed by atoms with E-state index in [0.29, 0.717) is 6.04 Å². The van der Waals surface area contributed by atoms with Gasteiger partial charge in [-0.3, -0.25) is 9.88 Å². The van der Waals surface area contributed by atoms with Crippen LogP contribution in [0.2, 0.25) is 0 Å². The number of aryl methyl sites for hydroxylation is 1. The molecular weight excluding hydrogens is 236 g/mol. The molecule has 2 rings (SSSR count). The summed E-state index contributed by atoms with van der Waals surface area (Å²) >= 11 is 0. The third-order valence-corrected chi connectivity index (χ3v) is 3.87. The van der Waals surface area contributed by atoms with Crippen molar-refractivity contribution in [1.82, 2.24) is 14.8 Å². The Morgan fingerprint density at radius 1 is 1.53 bits per heavy atom. The lowest BCUT2D eigenvalue weighted by atomic mass is 10.1. The summed E-state index contributed by atoms with van der Waals surface area (Å²) in [6.07, 6.45) is 3.96. The molecule has 1 aliphatic rings. The summed E-state index contributed by atoms with van der Waals surface area (Å²) in [6, 6.07) is 4.90. The molecule has 19 heavy (non-hydrogen) atoms. The zero-order valence-corrected chi connectivity index (χ0v) is 12.1. The molecule has 1 aliphatic heterocycles. The fourth-order valence-electron chi connectivity index (χ4n) is 2.64. The summed E-state index contributed by atoms with van der Waals surface area (Å²) < 4.78 is 0. The molecule has 0 unspecified atom stereocenters. The van der Waals surface area contributed by atoms with Gasteiger partial charge in [0.15, 0.2) is 0 Å². The highest BCUT2D eigenvalue weighted by molar-refractivity contribution is 5.35. The SMILES string of the molecule is CCc1ncc(CN2CC[C@H](N(C)C)C2)cc1C#N. The average molecular weight is 258 g/mol. The van der Waals surface area contributed by atoms with E-state index in [9.17, 15) is 0 Å². The van der Waals surface area contributed by atoms with Gasteiger partial charge in [-0.25, -0.2) is 0 Å². The molecule has 4 heteroatoms. The van der Waals surface area contributed by atoms with Crippen molar-refractivity contribution in [2.45, 2.75) is 32.4 Å². The van der Waals surface area contributed by atoms with Gasteiger partial charge in [0.25, 0.3) is 0 Å². The van der Waals surface area contributed by atoms with E-state index in [1.807, 2.05) is 19.2 Å². The van der Waals surface area contributed by atoms with E-state index in [4.69, 9.17) is 5.26 Å². The van der Waals surface area contributed by atoms with Crippen LogP contribution < -0.4 is 0 Å². The maximum absolute atomic E-state index is 9.14. The van der Waals surface area contributed by atoms with Crippen LogP contribution in [0.15, 0.2) is 12.3 Å². The smallest absolute Gasteiger partial charge is 0.101 e. The summed E-state index contributed by atoms with van der Waals surface area (Å²) in [4.78, 5) is 9.13. The zero-order chi connectivity index (χ0) is 13.8. The van der Waals surface area contributed by atoms with E-state index in [2.05, 4.69) is 34.9 Å². The Labute approximate surface area is 115 Å². The van der Waals surface area contributed by atoms with Crippen LogP contribution in [-0.4, -0.2) is 48.0 Å². The number of nitrogens with zero attached hydrogens (tertiary/aromatic N) is 4. The van der Waals surface area contributed by atoms with Gasteiger partial charge in [0.05, 0.1) is 11.3 Å². The van der Waals surface area contributed by atoms with Crippen LogP contribution in [0.4, 0.5) is 0 Å². The molecule has 0 saturated carbocycles. The van der Waals surface area contributed by atoms with E-state index >= 15 is 0 Å². The zero-order valence-electron chi connectivity index (χ0n) is 12.1.